The highest BCUT2D eigenvalue weighted by Crippen LogP contribution is 2.73. The predicted octanol–water partition coefficient (Wildman–Crippen LogP) is 5.58. The van der Waals surface area contributed by atoms with Gasteiger partial charge in [0.05, 0.1) is 17.8 Å². The zero-order valence-corrected chi connectivity index (χ0v) is 18.8. The molecule has 0 spiro atoms. The van der Waals surface area contributed by atoms with Crippen LogP contribution in [0.4, 0.5) is 0 Å². The number of hydrogen-bond donors (Lipinski definition) is 1. The van der Waals surface area contributed by atoms with Gasteiger partial charge in [-0.05, 0) is 60.6 Å². The van der Waals surface area contributed by atoms with Gasteiger partial charge in [-0.3, -0.25) is 9.48 Å². The summed E-state index contributed by atoms with van der Waals surface area (Å²) in [5, 5.41) is 16.4. The lowest BCUT2D eigenvalue weighted by molar-refractivity contribution is -0.200. The van der Waals surface area contributed by atoms with Crippen LogP contribution in [0.2, 0.25) is 10.0 Å². The standard InChI is InChI=1S/C25H22Cl2N2O3/c26-17-3-1-15(2-4-17)16-10-28-29(11-16)25-12-24(13-25,14-25)9-21(31)23-8-20(30)19-7-18(27)5-6-22(19)32-23/h1-7,10-11,20,23,30H,8-9,12-14H2/t20-,23-,24?,25?/m1/s1. The van der Waals surface area contributed by atoms with Crippen LogP contribution in [0, 0.1) is 5.41 Å². The number of aliphatic hydroxyl groups excluding tert-OH is 1. The molecule has 164 valence electrons. The molecule has 2 heterocycles. The molecule has 2 bridgehead atoms. The molecule has 1 aliphatic heterocycles. The summed E-state index contributed by atoms with van der Waals surface area (Å²) in [6.45, 7) is 0. The first-order chi connectivity index (χ1) is 15.3. The molecule has 0 amide bonds. The number of aromatic nitrogens is 2. The quantitative estimate of drug-likeness (QED) is 0.530. The first-order valence-electron chi connectivity index (χ1n) is 10.8. The molecule has 32 heavy (non-hydrogen) atoms. The van der Waals surface area contributed by atoms with Crippen molar-refractivity contribution in [2.75, 3.05) is 0 Å². The number of carbonyl (C=O) groups is 1. The van der Waals surface area contributed by atoms with E-state index >= 15 is 0 Å². The van der Waals surface area contributed by atoms with E-state index in [4.69, 9.17) is 27.9 Å². The lowest BCUT2D eigenvalue weighted by Crippen LogP contribution is -2.68. The molecule has 7 rings (SSSR count). The Hall–Kier alpha value is -2.34. The Morgan fingerprint density at radius 1 is 1.09 bits per heavy atom. The molecule has 2 atom stereocenters. The monoisotopic (exact) mass is 468 g/mol. The average Bonchev–Trinajstić information content (AvgIpc) is 3.20. The summed E-state index contributed by atoms with van der Waals surface area (Å²) in [6.07, 6.45) is 6.26. The van der Waals surface area contributed by atoms with E-state index < -0.39 is 12.2 Å². The van der Waals surface area contributed by atoms with Crippen LogP contribution < -0.4 is 4.74 Å². The van der Waals surface area contributed by atoms with Crippen LogP contribution in [0.3, 0.4) is 0 Å². The van der Waals surface area contributed by atoms with Crippen molar-refractivity contribution in [2.24, 2.45) is 5.41 Å². The van der Waals surface area contributed by atoms with Crippen molar-refractivity contribution in [3.05, 3.63) is 70.5 Å². The smallest absolute Gasteiger partial charge is 0.173 e. The third-order valence-electron chi connectivity index (χ3n) is 7.30. The van der Waals surface area contributed by atoms with Crippen molar-refractivity contribution >= 4 is 29.0 Å². The van der Waals surface area contributed by atoms with Crippen molar-refractivity contribution in [2.45, 2.75) is 49.9 Å². The third kappa shape index (κ3) is 3.18. The Morgan fingerprint density at radius 2 is 1.81 bits per heavy atom. The Labute approximate surface area is 195 Å². The fraction of sp³-hybridized carbons (Fsp3) is 0.360. The number of nitrogens with zero attached hydrogens (tertiary/aromatic N) is 2. The van der Waals surface area contributed by atoms with Gasteiger partial charge in [-0.15, -0.1) is 0 Å². The fourth-order valence-electron chi connectivity index (χ4n) is 5.84. The lowest BCUT2D eigenvalue weighted by atomic mass is 9.38. The number of halogens is 2. The van der Waals surface area contributed by atoms with Gasteiger partial charge in [0.25, 0.3) is 0 Å². The Balaban J connectivity index is 1.10. The maximum atomic E-state index is 13.0. The largest absolute Gasteiger partial charge is 0.482 e. The highest BCUT2D eigenvalue weighted by molar-refractivity contribution is 6.31. The van der Waals surface area contributed by atoms with Crippen molar-refractivity contribution in [1.82, 2.24) is 9.78 Å². The van der Waals surface area contributed by atoms with E-state index in [0.717, 1.165) is 30.4 Å². The minimum absolute atomic E-state index is 0.0290. The van der Waals surface area contributed by atoms with Crippen molar-refractivity contribution in [3.8, 4) is 16.9 Å². The van der Waals surface area contributed by atoms with Gasteiger partial charge in [0, 0.05) is 40.2 Å². The van der Waals surface area contributed by atoms with Crippen LogP contribution in [0.1, 0.15) is 43.8 Å². The number of rotatable bonds is 5. The Morgan fingerprint density at radius 3 is 2.56 bits per heavy atom. The number of fused-ring (bicyclic) bond motifs is 1. The van der Waals surface area contributed by atoms with Gasteiger partial charge in [0.15, 0.2) is 11.9 Å². The van der Waals surface area contributed by atoms with E-state index in [9.17, 15) is 9.90 Å². The van der Waals surface area contributed by atoms with Crippen LogP contribution >= 0.6 is 23.2 Å². The van der Waals surface area contributed by atoms with Gasteiger partial charge in [0.1, 0.15) is 5.75 Å². The topological polar surface area (TPSA) is 64.4 Å². The molecule has 4 aliphatic rings. The van der Waals surface area contributed by atoms with Gasteiger partial charge in [0.2, 0.25) is 0 Å². The van der Waals surface area contributed by atoms with Gasteiger partial charge < -0.3 is 9.84 Å². The first-order valence-corrected chi connectivity index (χ1v) is 11.6. The number of carbonyl (C=O) groups excluding carboxylic acids is 1. The van der Waals surface area contributed by atoms with Gasteiger partial charge in [-0.25, -0.2) is 0 Å². The second-order valence-corrected chi connectivity index (χ2v) is 10.5. The molecule has 0 saturated heterocycles. The first kappa shape index (κ1) is 20.3. The predicted molar refractivity (Wildman–Crippen MR) is 122 cm³/mol. The number of ether oxygens (including phenoxy) is 1. The van der Waals surface area contributed by atoms with E-state index in [1.165, 1.54) is 0 Å². The summed E-state index contributed by atoms with van der Waals surface area (Å²) in [5.41, 5.74) is 2.88. The lowest BCUT2D eigenvalue weighted by Gasteiger charge is -2.70. The Bertz CT molecular complexity index is 1200. The summed E-state index contributed by atoms with van der Waals surface area (Å²) in [7, 11) is 0. The summed E-state index contributed by atoms with van der Waals surface area (Å²) in [5.74, 6) is 0.618. The molecule has 3 fully saturated rings. The zero-order valence-electron chi connectivity index (χ0n) is 17.3. The van der Waals surface area contributed by atoms with E-state index in [0.29, 0.717) is 27.8 Å². The van der Waals surface area contributed by atoms with Crippen molar-refractivity contribution < 1.29 is 14.6 Å². The maximum absolute atomic E-state index is 13.0. The van der Waals surface area contributed by atoms with E-state index in [1.807, 2.05) is 30.5 Å². The zero-order chi connectivity index (χ0) is 22.1. The SMILES string of the molecule is O=C(CC12CC(n3cc(-c4ccc(Cl)cc4)cn3)(C1)C2)[C@H]1C[C@@H](O)c2cc(Cl)ccc2O1. The molecule has 2 aromatic carbocycles. The maximum Gasteiger partial charge on any atom is 0.173 e. The molecule has 0 unspecified atom stereocenters. The van der Waals surface area contributed by atoms with Crippen LogP contribution in [-0.2, 0) is 10.3 Å². The summed E-state index contributed by atoms with van der Waals surface area (Å²) in [6, 6.07) is 12.9. The molecule has 3 aromatic rings. The summed E-state index contributed by atoms with van der Waals surface area (Å²) in [4.78, 5) is 13.0. The van der Waals surface area contributed by atoms with E-state index in [1.54, 1.807) is 18.2 Å². The molecular formula is C25H22Cl2N2O3. The molecule has 0 radical (unpaired) electrons. The highest BCUT2D eigenvalue weighted by Gasteiger charge is 2.69. The third-order valence-corrected chi connectivity index (χ3v) is 7.79. The van der Waals surface area contributed by atoms with Gasteiger partial charge in [-0.2, -0.15) is 5.10 Å². The molecule has 5 nitrogen and oxygen atoms in total. The summed E-state index contributed by atoms with van der Waals surface area (Å²) >= 11 is 12.0. The average molecular weight is 469 g/mol. The fourth-order valence-corrected chi connectivity index (χ4v) is 6.15. The number of hydrogen-bond acceptors (Lipinski definition) is 4. The normalized spacial score (nSPS) is 30.0. The summed E-state index contributed by atoms with van der Waals surface area (Å²) < 4.78 is 8.00. The molecule has 1 N–H and O–H groups in total. The second-order valence-electron chi connectivity index (χ2n) is 9.62. The van der Waals surface area contributed by atoms with Crippen LogP contribution in [0.25, 0.3) is 11.1 Å². The van der Waals surface area contributed by atoms with Gasteiger partial charge in [-0.1, -0.05) is 35.3 Å². The van der Waals surface area contributed by atoms with Crippen molar-refractivity contribution in [1.29, 1.82) is 0 Å². The molecule has 3 saturated carbocycles. The molecular weight excluding hydrogens is 447 g/mol. The van der Waals surface area contributed by atoms with Crippen molar-refractivity contribution in [3.63, 3.8) is 0 Å². The second kappa shape index (κ2) is 7.08. The van der Waals surface area contributed by atoms with Crippen LogP contribution in [-0.4, -0.2) is 26.8 Å². The number of aliphatic hydroxyl groups is 1. The van der Waals surface area contributed by atoms with Crippen LogP contribution in [0.15, 0.2) is 54.9 Å². The highest BCUT2D eigenvalue weighted by atomic mass is 35.5. The van der Waals surface area contributed by atoms with E-state index in [2.05, 4.69) is 16.0 Å². The number of ketones is 1. The number of benzene rings is 2. The molecule has 1 aromatic heterocycles. The molecule has 7 heteroatoms. The van der Waals surface area contributed by atoms with E-state index in [-0.39, 0.29) is 23.2 Å². The van der Waals surface area contributed by atoms with Crippen LogP contribution in [0.5, 0.6) is 5.75 Å². The minimum Gasteiger partial charge on any atom is -0.482 e. The number of Topliss-reactive ketones (excluding diaryl/α,β-unsaturated/α-hetero) is 1. The molecule has 3 aliphatic carbocycles. The minimum atomic E-state index is -0.735. The van der Waals surface area contributed by atoms with Gasteiger partial charge >= 0.3 is 0 Å². The Kier molecular flexibility index (Phi) is 4.49.